The minimum atomic E-state index is -4.44. The Morgan fingerprint density at radius 1 is 0.839 bits per heavy atom. The van der Waals surface area contributed by atoms with E-state index < -0.39 is 42.7 Å². The summed E-state index contributed by atoms with van der Waals surface area (Å²) in [6.07, 6.45) is 0. The number of non-ortho nitro benzene ring substituents is 2. The van der Waals surface area contributed by atoms with Gasteiger partial charge in [0.15, 0.2) is 0 Å². The summed E-state index contributed by atoms with van der Waals surface area (Å²) in [6.45, 7) is 1.76. The van der Waals surface area contributed by atoms with Crippen molar-refractivity contribution in [1.29, 1.82) is 0 Å². The Morgan fingerprint density at radius 2 is 1.35 bits per heavy atom. The largest absolute Gasteiger partial charge is 0.277 e. The van der Waals surface area contributed by atoms with Gasteiger partial charge >= 0.3 is 0 Å². The number of carbonyl (C=O) groups excluding carboxylic acids is 1. The van der Waals surface area contributed by atoms with Crippen LogP contribution >= 0.6 is 0 Å². The Kier molecular flexibility index (Phi) is 5.79. The lowest BCUT2D eigenvalue weighted by molar-refractivity contribution is -0.394. The van der Waals surface area contributed by atoms with E-state index in [2.05, 4.69) is 0 Å². The number of benzene rings is 3. The van der Waals surface area contributed by atoms with Gasteiger partial charge in [0.2, 0.25) is 0 Å². The normalized spacial score (nSPS) is 11.0. The predicted molar refractivity (Wildman–Crippen MR) is 111 cm³/mol. The molecule has 0 atom stereocenters. The van der Waals surface area contributed by atoms with E-state index >= 15 is 0 Å². The van der Waals surface area contributed by atoms with Crippen molar-refractivity contribution in [2.24, 2.45) is 0 Å². The molecule has 0 aromatic heterocycles. The van der Waals surface area contributed by atoms with E-state index in [9.17, 15) is 33.4 Å². The third-order valence-electron chi connectivity index (χ3n) is 4.31. The van der Waals surface area contributed by atoms with E-state index in [0.29, 0.717) is 10.4 Å². The summed E-state index contributed by atoms with van der Waals surface area (Å²) < 4.78 is 27.1. The fourth-order valence-electron chi connectivity index (χ4n) is 2.79. The van der Waals surface area contributed by atoms with Crippen LogP contribution < -0.4 is 4.31 Å². The molecule has 3 rings (SSSR count). The maximum Gasteiger partial charge on any atom is 0.277 e. The summed E-state index contributed by atoms with van der Waals surface area (Å²) in [5, 5.41) is 22.4. The van der Waals surface area contributed by atoms with Crippen LogP contribution in [-0.4, -0.2) is 24.2 Å². The number of nitro benzene ring substituents is 2. The van der Waals surface area contributed by atoms with Gasteiger partial charge in [-0.15, -0.1) is 0 Å². The first-order chi connectivity index (χ1) is 14.6. The van der Waals surface area contributed by atoms with Crippen molar-refractivity contribution in [2.45, 2.75) is 11.8 Å². The third kappa shape index (κ3) is 4.41. The zero-order valence-electron chi connectivity index (χ0n) is 16.0. The van der Waals surface area contributed by atoms with Gasteiger partial charge in [-0.25, -0.2) is 8.42 Å². The van der Waals surface area contributed by atoms with Crippen LogP contribution in [-0.2, 0) is 10.0 Å². The fourth-order valence-corrected chi connectivity index (χ4v) is 4.20. The van der Waals surface area contributed by atoms with Crippen LogP contribution in [0.3, 0.4) is 0 Å². The molecule has 0 aliphatic carbocycles. The summed E-state index contributed by atoms with van der Waals surface area (Å²) in [5.74, 6) is -1.17. The number of hydrogen-bond acceptors (Lipinski definition) is 7. The molecule has 0 radical (unpaired) electrons. The third-order valence-corrected chi connectivity index (χ3v) is 6.03. The molecule has 1 amide bonds. The highest BCUT2D eigenvalue weighted by atomic mass is 32.2. The highest BCUT2D eigenvalue weighted by Gasteiger charge is 2.33. The second-order valence-electron chi connectivity index (χ2n) is 6.48. The van der Waals surface area contributed by atoms with Crippen molar-refractivity contribution in [3.8, 4) is 0 Å². The Balaban J connectivity index is 2.22. The molecular weight excluding hydrogens is 426 g/mol. The summed E-state index contributed by atoms with van der Waals surface area (Å²) in [7, 11) is -4.44. The number of hydrogen-bond donors (Lipinski definition) is 0. The van der Waals surface area contributed by atoms with Gasteiger partial charge in [-0.05, 0) is 31.2 Å². The van der Waals surface area contributed by atoms with Gasteiger partial charge in [0.05, 0.1) is 32.1 Å². The quantitative estimate of drug-likeness (QED) is 0.418. The number of nitro groups is 2. The van der Waals surface area contributed by atoms with Gasteiger partial charge in [0.25, 0.3) is 27.3 Å². The molecule has 0 saturated carbocycles. The standard InChI is InChI=1S/C20H15N3O7S/c1-14-7-9-19(10-8-14)31(29,30)21(16-5-3-2-4-6-16)20(24)15-11-17(22(25)26)13-18(12-15)23(27)28/h2-13H,1H3. The van der Waals surface area contributed by atoms with Gasteiger partial charge < -0.3 is 0 Å². The molecule has 31 heavy (non-hydrogen) atoms. The van der Waals surface area contributed by atoms with E-state index in [1.165, 1.54) is 36.4 Å². The number of carbonyl (C=O) groups is 1. The second kappa shape index (κ2) is 8.32. The maximum absolute atomic E-state index is 13.3. The first-order valence-corrected chi connectivity index (χ1v) is 10.2. The lowest BCUT2D eigenvalue weighted by Crippen LogP contribution is -2.37. The van der Waals surface area contributed by atoms with Gasteiger partial charge in [-0.1, -0.05) is 35.9 Å². The van der Waals surface area contributed by atoms with Crippen molar-refractivity contribution in [1.82, 2.24) is 0 Å². The topological polar surface area (TPSA) is 141 Å². The van der Waals surface area contributed by atoms with Crippen LogP contribution in [0.15, 0.2) is 77.7 Å². The Morgan fingerprint density at radius 3 is 1.84 bits per heavy atom. The molecule has 0 spiro atoms. The molecule has 158 valence electrons. The highest BCUT2D eigenvalue weighted by molar-refractivity contribution is 7.93. The van der Waals surface area contributed by atoms with Crippen molar-refractivity contribution in [3.63, 3.8) is 0 Å². The molecule has 0 aliphatic heterocycles. The predicted octanol–water partition coefficient (Wildman–Crippen LogP) is 3.85. The molecule has 3 aromatic carbocycles. The minimum absolute atomic E-state index is 0.0257. The monoisotopic (exact) mass is 441 g/mol. The lowest BCUT2D eigenvalue weighted by atomic mass is 10.1. The van der Waals surface area contributed by atoms with Crippen molar-refractivity contribution < 1.29 is 23.1 Å². The molecule has 0 saturated heterocycles. The van der Waals surface area contributed by atoms with Crippen LogP contribution in [0.25, 0.3) is 0 Å². The molecule has 0 N–H and O–H groups in total. The Bertz CT molecular complexity index is 1240. The summed E-state index contributed by atoms with van der Waals surface area (Å²) in [4.78, 5) is 33.7. The van der Waals surface area contributed by atoms with Crippen LogP contribution in [0.4, 0.5) is 17.1 Å². The molecule has 0 unspecified atom stereocenters. The molecular formula is C20H15N3O7S. The van der Waals surface area contributed by atoms with E-state index in [4.69, 9.17) is 0 Å². The van der Waals surface area contributed by atoms with Gasteiger partial charge in [-0.3, -0.25) is 25.0 Å². The molecule has 3 aromatic rings. The molecule has 11 heteroatoms. The van der Waals surface area contributed by atoms with Crippen LogP contribution in [0.1, 0.15) is 15.9 Å². The average molecular weight is 441 g/mol. The van der Waals surface area contributed by atoms with Gasteiger partial charge in [-0.2, -0.15) is 4.31 Å². The first kappa shape index (κ1) is 21.6. The number of sulfonamides is 1. The van der Waals surface area contributed by atoms with Crippen molar-refractivity contribution >= 4 is 33.0 Å². The Labute approximate surface area is 176 Å². The molecule has 0 fully saturated rings. The lowest BCUT2D eigenvalue weighted by Gasteiger charge is -2.22. The van der Waals surface area contributed by atoms with E-state index in [1.54, 1.807) is 25.1 Å². The number of nitrogens with zero attached hydrogens (tertiary/aromatic N) is 3. The zero-order chi connectivity index (χ0) is 22.8. The van der Waals surface area contributed by atoms with Crippen LogP contribution in [0.2, 0.25) is 0 Å². The van der Waals surface area contributed by atoms with E-state index in [-0.39, 0.29) is 10.6 Å². The summed E-state index contributed by atoms with van der Waals surface area (Å²) in [6, 6.07) is 15.4. The number of amides is 1. The second-order valence-corrected chi connectivity index (χ2v) is 8.26. The van der Waals surface area contributed by atoms with E-state index in [1.807, 2.05) is 0 Å². The molecule has 0 bridgehead atoms. The Hall–Kier alpha value is -4.12. The summed E-state index contributed by atoms with van der Waals surface area (Å²) in [5.41, 5.74) is -1.16. The number of rotatable bonds is 6. The maximum atomic E-state index is 13.3. The van der Waals surface area contributed by atoms with Gasteiger partial charge in [0, 0.05) is 12.1 Å². The molecule has 0 heterocycles. The minimum Gasteiger partial charge on any atom is -0.268 e. The molecule has 10 nitrogen and oxygen atoms in total. The zero-order valence-corrected chi connectivity index (χ0v) is 16.9. The van der Waals surface area contributed by atoms with Gasteiger partial charge in [0.1, 0.15) is 0 Å². The highest BCUT2D eigenvalue weighted by Crippen LogP contribution is 2.29. The smallest absolute Gasteiger partial charge is 0.268 e. The molecule has 0 aliphatic rings. The first-order valence-electron chi connectivity index (χ1n) is 8.76. The van der Waals surface area contributed by atoms with Crippen LogP contribution in [0, 0.1) is 27.2 Å². The number of anilines is 1. The summed E-state index contributed by atoms with van der Waals surface area (Å²) >= 11 is 0. The fraction of sp³-hybridized carbons (Fsp3) is 0.0500. The number of para-hydroxylation sites is 1. The van der Waals surface area contributed by atoms with E-state index in [0.717, 1.165) is 17.7 Å². The van der Waals surface area contributed by atoms with Crippen molar-refractivity contribution in [3.05, 3.63) is 104 Å². The average Bonchev–Trinajstić information content (AvgIpc) is 2.74. The number of aryl methyl sites for hydroxylation is 1. The van der Waals surface area contributed by atoms with Crippen molar-refractivity contribution in [2.75, 3.05) is 4.31 Å². The SMILES string of the molecule is Cc1ccc(S(=O)(=O)N(C(=O)c2cc([N+](=O)[O-])cc([N+](=O)[O-])c2)c2ccccc2)cc1. The van der Waals surface area contributed by atoms with Crippen LogP contribution in [0.5, 0.6) is 0 Å².